The Bertz CT molecular complexity index is 103. The lowest BCUT2D eigenvalue weighted by Crippen LogP contribution is -2.43. The van der Waals surface area contributed by atoms with E-state index in [0.29, 0.717) is 0 Å². The largest absolute Gasteiger partial charge is 0.500 e. The van der Waals surface area contributed by atoms with E-state index in [1.54, 1.807) is 21.3 Å². The second-order valence-corrected chi connectivity index (χ2v) is 9.68. The molecule has 0 rings (SSSR count). The Morgan fingerprint density at radius 1 is 1.17 bits per heavy atom. The minimum absolute atomic E-state index is 0.0943. The molecule has 12 heavy (non-hydrogen) atoms. The summed E-state index contributed by atoms with van der Waals surface area (Å²) in [6, 6.07) is 0.919. The van der Waals surface area contributed by atoms with Crippen LogP contribution in [0.15, 0.2) is 0 Å². The molecule has 0 amide bonds. The fraction of sp³-hybridized carbons (Fsp3) is 1.00. The Morgan fingerprint density at radius 2 is 1.67 bits per heavy atom. The third-order valence-corrected chi connectivity index (χ3v) is 7.77. The summed E-state index contributed by atoms with van der Waals surface area (Å²) >= 11 is 2.01. The predicted molar refractivity (Wildman–Crippen MR) is 58.5 cm³/mol. The Balaban J connectivity index is 3.76. The summed E-state index contributed by atoms with van der Waals surface area (Å²) in [6.07, 6.45) is 0. The number of hydrogen-bond acceptors (Lipinski definition) is 4. The summed E-state index contributed by atoms with van der Waals surface area (Å²) in [5.74, 6) is 1.10. The van der Waals surface area contributed by atoms with E-state index in [1.165, 1.54) is 0 Å². The normalized spacial score (nSPS) is 13.0. The van der Waals surface area contributed by atoms with Crippen molar-refractivity contribution in [2.75, 3.05) is 27.1 Å². The van der Waals surface area contributed by atoms with Crippen LogP contribution in [0, 0.1) is 0 Å². The fourth-order valence-electron chi connectivity index (χ4n) is 0.898. The number of rotatable bonds is 7. The van der Waals surface area contributed by atoms with Crippen LogP contribution in [-0.2, 0) is 13.3 Å². The van der Waals surface area contributed by atoms with E-state index in [4.69, 9.17) is 13.3 Å². The van der Waals surface area contributed by atoms with Gasteiger partial charge in [0, 0.05) is 27.4 Å². The predicted octanol–water partition coefficient (Wildman–Crippen LogP) is 0.730. The van der Waals surface area contributed by atoms with Gasteiger partial charge in [-0.1, -0.05) is 6.55 Å². The quantitative estimate of drug-likeness (QED) is 0.472. The van der Waals surface area contributed by atoms with Gasteiger partial charge in [-0.15, -0.1) is 0 Å². The highest BCUT2D eigenvalue weighted by atomic mass is 32.4. The molecule has 0 aromatic carbocycles. The van der Waals surface area contributed by atoms with Crippen molar-refractivity contribution in [2.45, 2.75) is 12.6 Å². The van der Waals surface area contributed by atoms with Gasteiger partial charge in [0.1, 0.15) is 0 Å². The standard InChI is InChI=1S/C6H18O3SSi2/c1-7-12(8-2,9-3)6-5-10-11-4/h5-6,11H2,1-4H3. The lowest BCUT2D eigenvalue weighted by molar-refractivity contribution is 0.125. The summed E-state index contributed by atoms with van der Waals surface area (Å²) in [4.78, 5) is 0. The first-order valence-corrected chi connectivity index (χ1v) is 10.2. The minimum atomic E-state index is -2.25. The van der Waals surface area contributed by atoms with E-state index in [2.05, 4.69) is 6.55 Å². The number of hydrogen-bond donors (Lipinski definition) is 0. The van der Waals surface area contributed by atoms with E-state index < -0.39 is 8.80 Å². The maximum atomic E-state index is 5.28. The van der Waals surface area contributed by atoms with Crippen molar-refractivity contribution in [3.05, 3.63) is 0 Å². The van der Waals surface area contributed by atoms with E-state index in [0.717, 1.165) is 11.8 Å². The average Bonchev–Trinajstić information content (AvgIpc) is 2.14. The Labute approximate surface area is 82.0 Å². The molecule has 0 aromatic rings. The van der Waals surface area contributed by atoms with Crippen LogP contribution in [0.3, 0.4) is 0 Å². The summed E-state index contributed by atoms with van der Waals surface area (Å²) in [7, 11) is 2.82. The molecule has 3 nitrogen and oxygen atoms in total. The van der Waals surface area contributed by atoms with Crippen molar-refractivity contribution >= 4 is 28.7 Å². The third-order valence-electron chi connectivity index (χ3n) is 1.69. The minimum Gasteiger partial charge on any atom is -0.377 e. The van der Waals surface area contributed by atoms with Gasteiger partial charge >= 0.3 is 8.80 Å². The smallest absolute Gasteiger partial charge is 0.377 e. The van der Waals surface area contributed by atoms with E-state index >= 15 is 0 Å². The SMILES string of the molecule is CO[Si](CCS[SiH2]C)(OC)OC. The lowest BCUT2D eigenvalue weighted by Gasteiger charge is -2.23. The van der Waals surface area contributed by atoms with Gasteiger partial charge < -0.3 is 13.3 Å². The van der Waals surface area contributed by atoms with Crippen molar-refractivity contribution in [1.82, 2.24) is 0 Å². The van der Waals surface area contributed by atoms with Crippen molar-refractivity contribution in [3.8, 4) is 0 Å². The second kappa shape index (κ2) is 7.10. The Hall–Kier alpha value is 0.664. The first-order valence-electron chi connectivity index (χ1n) is 3.98. The van der Waals surface area contributed by atoms with Crippen LogP contribution in [0.2, 0.25) is 12.6 Å². The topological polar surface area (TPSA) is 27.7 Å². The van der Waals surface area contributed by atoms with Crippen molar-refractivity contribution in [3.63, 3.8) is 0 Å². The molecule has 0 aliphatic heterocycles. The van der Waals surface area contributed by atoms with E-state index in [1.807, 2.05) is 11.2 Å². The molecule has 0 saturated carbocycles. The molecule has 0 fully saturated rings. The summed E-state index contributed by atoms with van der Waals surface area (Å²) < 4.78 is 15.8. The molecule has 0 N–H and O–H groups in total. The zero-order valence-electron chi connectivity index (χ0n) is 8.25. The third kappa shape index (κ3) is 4.06. The molecule has 0 saturated heterocycles. The molecule has 74 valence electrons. The summed E-state index contributed by atoms with van der Waals surface area (Å²) in [5.41, 5.74) is 0. The molecule has 0 atom stereocenters. The molecule has 0 aliphatic carbocycles. The average molecular weight is 226 g/mol. The van der Waals surface area contributed by atoms with Gasteiger partial charge in [0.25, 0.3) is 0 Å². The summed E-state index contributed by atoms with van der Waals surface area (Å²) in [5, 5.41) is 0. The maximum absolute atomic E-state index is 5.28. The molecule has 0 radical (unpaired) electrons. The highest BCUT2D eigenvalue weighted by Crippen LogP contribution is 2.15. The van der Waals surface area contributed by atoms with Crippen LogP contribution < -0.4 is 0 Å². The zero-order chi connectivity index (χ0) is 9.45. The van der Waals surface area contributed by atoms with E-state index in [9.17, 15) is 0 Å². The van der Waals surface area contributed by atoms with E-state index in [-0.39, 0.29) is 8.67 Å². The van der Waals surface area contributed by atoms with Gasteiger partial charge in [-0.25, -0.2) is 0 Å². The first kappa shape index (κ1) is 12.7. The van der Waals surface area contributed by atoms with Gasteiger partial charge in [-0.05, 0) is 5.75 Å². The highest BCUT2D eigenvalue weighted by Gasteiger charge is 2.36. The molecule has 0 aliphatic rings. The monoisotopic (exact) mass is 226 g/mol. The second-order valence-electron chi connectivity index (χ2n) is 2.24. The van der Waals surface area contributed by atoms with Gasteiger partial charge in [-0.2, -0.15) is 11.2 Å². The van der Waals surface area contributed by atoms with Gasteiger partial charge in [0.15, 0.2) is 0 Å². The molecular weight excluding hydrogens is 208 g/mol. The van der Waals surface area contributed by atoms with Crippen molar-refractivity contribution < 1.29 is 13.3 Å². The van der Waals surface area contributed by atoms with Gasteiger partial charge in [0.2, 0.25) is 0 Å². The van der Waals surface area contributed by atoms with Crippen LogP contribution in [0.5, 0.6) is 0 Å². The Kier molecular flexibility index (Phi) is 7.50. The van der Waals surface area contributed by atoms with Crippen LogP contribution >= 0.6 is 11.2 Å². The van der Waals surface area contributed by atoms with Crippen molar-refractivity contribution in [2.24, 2.45) is 0 Å². The van der Waals surface area contributed by atoms with Crippen LogP contribution in [-0.4, -0.2) is 44.6 Å². The van der Waals surface area contributed by atoms with Crippen LogP contribution in [0.4, 0.5) is 0 Å². The molecular formula is C6H18O3SSi2. The highest BCUT2D eigenvalue weighted by molar-refractivity contribution is 8.22. The fourth-order valence-corrected chi connectivity index (χ4v) is 6.04. The molecule has 6 heteroatoms. The first-order chi connectivity index (χ1) is 5.74. The van der Waals surface area contributed by atoms with Crippen LogP contribution in [0.25, 0.3) is 0 Å². The zero-order valence-corrected chi connectivity index (χ0v) is 11.5. The van der Waals surface area contributed by atoms with Crippen LogP contribution in [0.1, 0.15) is 0 Å². The molecule has 0 bridgehead atoms. The lowest BCUT2D eigenvalue weighted by atomic mass is 11.0. The molecule has 0 unspecified atom stereocenters. The molecule has 0 spiro atoms. The maximum Gasteiger partial charge on any atom is 0.500 e. The van der Waals surface area contributed by atoms with Gasteiger partial charge in [-0.3, -0.25) is 0 Å². The summed E-state index contributed by atoms with van der Waals surface area (Å²) in [6.45, 7) is 2.28. The Morgan fingerprint density at radius 3 is 2.00 bits per heavy atom. The van der Waals surface area contributed by atoms with Crippen molar-refractivity contribution in [1.29, 1.82) is 0 Å². The molecule has 0 aromatic heterocycles. The molecule has 0 heterocycles. The van der Waals surface area contributed by atoms with Gasteiger partial charge in [0.05, 0.1) is 8.67 Å².